The first kappa shape index (κ1) is 8.31. The van der Waals surface area contributed by atoms with Crippen LogP contribution in [-0.4, -0.2) is 4.98 Å². The van der Waals surface area contributed by atoms with E-state index in [0.717, 1.165) is 6.07 Å². The van der Waals surface area contributed by atoms with Gasteiger partial charge < -0.3 is 0 Å². The van der Waals surface area contributed by atoms with Gasteiger partial charge in [-0.2, -0.15) is 0 Å². The van der Waals surface area contributed by atoms with E-state index in [2.05, 4.69) is 10.5 Å². The summed E-state index contributed by atoms with van der Waals surface area (Å²) in [4.78, 5) is 3.81. The number of aromatic nitrogens is 1. The van der Waals surface area contributed by atoms with Crippen molar-refractivity contribution >= 4 is 11.3 Å². The minimum absolute atomic E-state index is 0.305. The fourth-order valence-electron chi connectivity index (χ4n) is 1.00. The van der Waals surface area contributed by atoms with Crippen LogP contribution < -0.4 is 0 Å². The van der Waals surface area contributed by atoms with Crippen molar-refractivity contribution in [2.75, 3.05) is 0 Å². The molecule has 1 radical (unpaired) electrons. The van der Waals surface area contributed by atoms with Gasteiger partial charge in [0.1, 0.15) is 11.6 Å². The van der Waals surface area contributed by atoms with Gasteiger partial charge in [-0.15, -0.1) is 11.3 Å². The lowest BCUT2D eigenvalue weighted by Crippen LogP contribution is -1.85. The lowest BCUT2D eigenvalue weighted by atomic mass is 10.1. The van der Waals surface area contributed by atoms with Crippen molar-refractivity contribution < 1.29 is 8.78 Å². The summed E-state index contributed by atoms with van der Waals surface area (Å²) < 4.78 is 25.6. The van der Waals surface area contributed by atoms with E-state index in [4.69, 9.17) is 0 Å². The average Bonchev–Trinajstić information content (AvgIpc) is 2.56. The predicted octanol–water partition coefficient (Wildman–Crippen LogP) is 2.89. The first-order chi connectivity index (χ1) is 6.27. The van der Waals surface area contributed by atoms with Gasteiger partial charge >= 0.3 is 0 Å². The Hall–Kier alpha value is -1.29. The normalized spacial score (nSPS) is 10.3. The van der Waals surface area contributed by atoms with Crippen LogP contribution in [0.4, 0.5) is 8.78 Å². The van der Waals surface area contributed by atoms with E-state index in [1.165, 1.54) is 23.5 Å². The Morgan fingerprint density at radius 1 is 1.31 bits per heavy atom. The highest BCUT2D eigenvalue weighted by molar-refractivity contribution is 7.07. The molecule has 2 rings (SSSR count). The second kappa shape index (κ2) is 3.22. The summed E-state index contributed by atoms with van der Waals surface area (Å²) in [6.45, 7) is 0. The van der Waals surface area contributed by atoms with E-state index < -0.39 is 11.6 Å². The van der Waals surface area contributed by atoms with Gasteiger partial charge in [-0.3, -0.25) is 0 Å². The maximum Gasteiger partial charge on any atom is 0.152 e. The zero-order chi connectivity index (χ0) is 9.26. The van der Waals surface area contributed by atoms with E-state index in [0.29, 0.717) is 11.3 Å². The largest absolute Gasteiger partial charge is 0.233 e. The Morgan fingerprint density at radius 3 is 2.77 bits per heavy atom. The number of rotatable bonds is 1. The van der Waals surface area contributed by atoms with Crippen molar-refractivity contribution in [2.24, 2.45) is 0 Å². The van der Waals surface area contributed by atoms with Crippen molar-refractivity contribution in [1.29, 1.82) is 0 Å². The molecule has 1 aromatic carbocycles. The highest BCUT2D eigenvalue weighted by Gasteiger charge is 2.07. The third kappa shape index (κ3) is 1.58. The molecule has 0 bridgehead atoms. The molecule has 1 nitrogen and oxygen atoms in total. The first-order valence-corrected chi connectivity index (χ1v) is 4.42. The quantitative estimate of drug-likeness (QED) is 0.683. The summed E-state index contributed by atoms with van der Waals surface area (Å²) in [5, 5.41) is 1.66. The number of benzene rings is 1. The molecular formula is C9H4F2NS. The molecule has 4 heteroatoms. The Morgan fingerprint density at radius 2 is 2.15 bits per heavy atom. The van der Waals surface area contributed by atoms with Crippen LogP contribution in [0.2, 0.25) is 0 Å². The molecule has 0 aliphatic heterocycles. The van der Waals surface area contributed by atoms with Crippen LogP contribution >= 0.6 is 11.3 Å². The average molecular weight is 196 g/mol. The maximum atomic E-state index is 13.1. The van der Waals surface area contributed by atoms with Crippen molar-refractivity contribution in [1.82, 2.24) is 4.98 Å². The van der Waals surface area contributed by atoms with Gasteiger partial charge in [0.25, 0.3) is 0 Å². The van der Waals surface area contributed by atoms with Gasteiger partial charge in [0.15, 0.2) is 5.51 Å². The van der Waals surface area contributed by atoms with E-state index in [-0.39, 0.29) is 0 Å². The van der Waals surface area contributed by atoms with Gasteiger partial charge in [-0.1, -0.05) is 0 Å². The first-order valence-electron chi connectivity index (χ1n) is 3.54. The van der Waals surface area contributed by atoms with Crippen LogP contribution in [0.25, 0.3) is 11.3 Å². The molecule has 0 N–H and O–H groups in total. The molecule has 13 heavy (non-hydrogen) atoms. The minimum Gasteiger partial charge on any atom is -0.233 e. The zero-order valence-electron chi connectivity index (χ0n) is 6.42. The predicted molar refractivity (Wildman–Crippen MR) is 46.3 cm³/mol. The number of nitrogens with zero attached hydrogens (tertiary/aromatic N) is 1. The van der Waals surface area contributed by atoms with Gasteiger partial charge in [-0.25, -0.2) is 13.8 Å². The lowest BCUT2D eigenvalue weighted by Gasteiger charge is -1.97. The van der Waals surface area contributed by atoms with Crippen LogP contribution in [0.15, 0.2) is 23.6 Å². The molecule has 0 spiro atoms. The van der Waals surface area contributed by atoms with Crippen LogP contribution in [0.3, 0.4) is 0 Å². The summed E-state index contributed by atoms with van der Waals surface area (Å²) in [5.74, 6) is -1.18. The highest BCUT2D eigenvalue weighted by atomic mass is 32.1. The van der Waals surface area contributed by atoms with Crippen LogP contribution in [0, 0.1) is 17.1 Å². The summed E-state index contributed by atoms with van der Waals surface area (Å²) >= 11 is 1.25. The van der Waals surface area contributed by atoms with E-state index in [1.807, 2.05) is 0 Å². The van der Waals surface area contributed by atoms with Gasteiger partial charge in [-0.05, 0) is 12.1 Å². The number of hydrogen-bond acceptors (Lipinski definition) is 2. The third-order valence-electron chi connectivity index (χ3n) is 1.60. The molecule has 0 aliphatic carbocycles. The van der Waals surface area contributed by atoms with Crippen molar-refractivity contribution in [3.63, 3.8) is 0 Å². The van der Waals surface area contributed by atoms with Crippen LogP contribution in [0.1, 0.15) is 0 Å². The summed E-state index contributed by atoms with van der Waals surface area (Å²) in [6, 6.07) is 3.42. The fourth-order valence-corrected chi connectivity index (χ4v) is 1.50. The van der Waals surface area contributed by atoms with E-state index in [1.54, 1.807) is 5.38 Å². The Bertz CT molecular complexity index is 412. The molecule has 1 aromatic heterocycles. The molecular weight excluding hydrogens is 192 g/mol. The molecule has 0 saturated heterocycles. The minimum atomic E-state index is -0.598. The summed E-state index contributed by atoms with van der Waals surface area (Å²) in [6.07, 6.45) is 0. The molecule has 0 unspecified atom stereocenters. The molecule has 65 valence electrons. The molecule has 0 aliphatic rings. The van der Waals surface area contributed by atoms with Crippen LogP contribution in [-0.2, 0) is 0 Å². The van der Waals surface area contributed by atoms with Crippen molar-refractivity contribution in [2.45, 2.75) is 0 Å². The monoisotopic (exact) mass is 196 g/mol. The second-order valence-corrected chi connectivity index (χ2v) is 3.10. The third-order valence-corrected chi connectivity index (χ3v) is 2.13. The van der Waals surface area contributed by atoms with E-state index >= 15 is 0 Å². The molecule has 0 saturated carbocycles. The van der Waals surface area contributed by atoms with Gasteiger partial charge in [0.05, 0.1) is 5.69 Å². The second-order valence-electron chi connectivity index (χ2n) is 2.45. The molecule has 0 amide bonds. The zero-order valence-corrected chi connectivity index (χ0v) is 7.24. The Labute approximate surface area is 77.7 Å². The Kier molecular flexibility index (Phi) is 2.06. The number of thiazole rings is 1. The standard InChI is InChI=1S/C9H4F2NS/c10-6-1-2-7(8(11)3-6)9-4-13-5-12-9/h1-4H. The SMILES string of the molecule is Fc1ccc(-c2cs[c]n2)c(F)c1. The molecule has 0 atom stereocenters. The number of halogens is 2. The molecule has 2 aromatic rings. The van der Waals surface area contributed by atoms with Crippen LogP contribution in [0.5, 0.6) is 0 Å². The summed E-state index contributed by atoms with van der Waals surface area (Å²) in [7, 11) is 0. The van der Waals surface area contributed by atoms with E-state index in [9.17, 15) is 8.78 Å². The topological polar surface area (TPSA) is 12.9 Å². The lowest BCUT2D eigenvalue weighted by molar-refractivity contribution is 0.585. The summed E-state index contributed by atoms with van der Waals surface area (Å²) in [5.41, 5.74) is 3.39. The maximum absolute atomic E-state index is 13.1. The highest BCUT2D eigenvalue weighted by Crippen LogP contribution is 2.22. The van der Waals surface area contributed by atoms with Gasteiger partial charge in [0.2, 0.25) is 0 Å². The number of hydrogen-bond donors (Lipinski definition) is 0. The molecule has 1 heterocycles. The fraction of sp³-hybridized carbons (Fsp3) is 0. The molecule has 0 fully saturated rings. The Balaban J connectivity index is 2.53. The van der Waals surface area contributed by atoms with Crippen molar-refractivity contribution in [3.05, 3.63) is 40.7 Å². The van der Waals surface area contributed by atoms with Crippen molar-refractivity contribution in [3.8, 4) is 11.3 Å². The van der Waals surface area contributed by atoms with Gasteiger partial charge in [0, 0.05) is 17.0 Å². The smallest absolute Gasteiger partial charge is 0.152 e.